The van der Waals surface area contributed by atoms with Crippen molar-refractivity contribution in [1.29, 1.82) is 0 Å². The van der Waals surface area contributed by atoms with Crippen LogP contribution in [0.3, 0.4) is 0 Å². The van der Waals surface area contributed by atoms with Crippen LogP contribution in [0.4, 0.5) is 5.95 Å². The zero-order valence-electron chi connectivity index (χ0n) is 12.0. The molecule has 0 radical (unpaired) electrons. The molecule has 0 saturated heterocycles. The average Bonchev–Trinajstić information content (AvgIpc) is 2.28. The molecular weight excluding hydrogens is 228 g/mol. The second-order valence-electron chi connectivity index (χ2n) is 5.18. The summed E-state index contributed by atoms with van der Waals surface area (Å²) in [6.45, 7) is 5.41. The van der Waals surface area contributed by atoms with Gasteiger partial charge in [-0.1, -0.05) is 13.8 Å². The third kappa shape index (κ3) is 5.31. The predicted molar refractivity (Wildman–Crippen MR) is 74.0 cm³/mol. The van der Waals surface area contributed by atoms with Crippen LogP contribution < -0.4 is 10.1 Å². The third-order valence-electron chi connectivity index (χ3n) is 2.54. The average molecular weight is 252 g/mol. The largest absolute Gasteiger partial charge is 0.494 e. The van der Waals surface area contributed by atoms with Crippen LogP contribution in [0.1, 0.15) is 20.3 Å². The van der Waals surface area contributed by atoms with Crippen molar-refractivity contribution in [1.82, 2.24) is 14.9 Å². The molecule has 1 heterocycles. The fraction of sp³-hybridized carbons (Fsp3) is 0.692. The first-order chi connectivity index (χ1) is 8.51. The topological polar surface area (TPSA) is 50.3 Å². The molecule has 0 spiro atoms. The van der Waals surface area contributed by atoms with E-state index in [1.165, 1.54) is 0 Å². The maximum absolute atomic E-state index is 5.04. The Morgan fingerprint density at radius 2 is 1.89 bits per heavy atom. The van der Waals surface area contributed by atoms with Gasteiger partial charge < -0.3 is 15.0 Å². The van der Waals surface area contributed by atoms with Crippen molar-refractivity contribution in [3.8, 4) is 5.75 Å². The lowest BCUT2D eigenvalue weighted by atomic mass is 10.0. The quantitative estimate of drug-likeness (QED) is 0.803. The number of anilines is 1. The number of nitrogens with zero attached hydrogens (tertiary/aromatic N) is 3. The molecule has 1 aromatic heterocycles. The maximum Gasteiger partial charge on any atom is 0.223 e. The van der Waals surface area contributed by atoms with Gasteiger partial charge in [-0.2, -0.15) is 0 Å². The number of hydrogen-bond acceptors (Lipinski definition) is 5. The van der Waals surface area contributed by atoms with Crippen LogP contribution >= 0.6 is 0 Å². The van der Waals surface area contributed by atoms with E-state index in [1.54, 1.807) is 19.5 Å². The molecular formula is C13H24N4O. The molecule has 1 N–H and O–H groups in total. The molecule has 0 saturated carbocycles. The Bertz CT molecular complexity index is 327. The Labute approximate surface area is 110 Å². The van der Waals surface area contributed by atoms with E-state index in [4.69, 9.17) is 4.74 Å². The van der Waals surface area contributed by atoms with E-state index in [1.807, 2.05) is 0 Å². The van der Waals surface area contributed by atoms with Crippen LogP contribution in [-0.4, -0.2) is 48.7 Å². The van der Waals surface area contributed by atoms with E-state index >= 15 is 0 Å². The van der Waals surface area contributed by atoms with E-state index in [0.717, 1.165) is 13.0 Å². The normalized spacial score (nSPS) is 12.8. The summed E-state index contributed by atoms with van der Waals surface area (Å²) in [6, 6.07) is 0.355. The summed E-state index contributed by atoms with van der Waals surface area (Å²) in [6.07, 6.45) is 4.45. The van der Waals surface area contributed by atoms with Crippen LogP contribution in [0.15, 0.2) is 12.4 Å². The Morgan fingerprint density at radius 3 is 2.33 bits per heavy atom. The second-order valence-corrected chi connectivity index (χ2v) is 5.18. The molecule has 1 unspecified atom stereocenters. The van der Waals surface area contributed by atoms with Gasteiger partial charge in [0.1, 0.15) is 0 Å². The summed E-state index contributed by atoms with van der Waals surface area (Å²) in [5.41, 5.74) is 0. The first-order valence-corrected chi connectivity index (χ1v) is 6.28. The van der Waals surface area contributed by atoms with Gasteiger partial charge in [0.15, 0.2) is 5.75 Å². The minimum Gasteiger partial charge on any atom is -0.494 e. The van der Waals surface area contributed by atoms with Gasteiger partial charge in [-0.3, -0.25) is 0 Å². The third-order valence-corrected chi connectivity index (χ3v) is 2.54. The molecule has 102 valence electrons. The number of nitrogens with one attached hydrogen (secondary N) is 1. The van der Waals surface area contributed by atoms with Crippen molar-refractivity contribution >= 4 is 5.95 Å². The molecule has 0 bridgehead atoms. The van der Waals surface area contributed by atoms with Gasteiger partial charge in [0.2, 0.25) is 5.95 Å². The van der Waals surface area contributed by atoms with Gasteiger partial charge in [0.25, 0.3) is 0 Å². The highest BCUT2D eigenvalue weighted by molar-refractivity contribution is 5.28. The first-order valence-electron chi connectivity index (χ1n) is 6.28. The monoisotopic (exact) mass is 252 g/mol. The first kappa shape index (κ1) is 14.7. The molecule has 18 heavy (non-hydrogen) atoms. The smallest absolute Gasteiger partial charge is 0.223 e. The highest BCUT2D eigenvalue weighted by atomic mass is 16.5. The van der Waals surface area contributed by atoms with Crippen molar-refractivity contribution < 1.29 is 4.74 Å². The molecule has 0 aromatic carbocycles. The van der Waals surface area contributed by atoms with E-state index < -0.39 is 0 Å². The predicted octanol–water partition coefficient (Wildman–Crippen LogP) is 1.87. The molecule has 1 rings (SSSR count). The summed E-state index contributed by atoms with van der Waals surface area (Å²) in [5, 5.41) is 3.37. The van der Waals surface area contributed by atoms with Crippen molar-refractivity contribution in [2.45, 2.75) is 26.3 Å². The summed E-state index contributed by atoms with van der Waals surface area (Å²) in [7, 11) is 5.76. The van der Waals surface area contributed by atoms with Crippen molar-refractivity contribution in [2.75, 3.05) is 33.1 Å². The van der Waals surface area contributed by atoms with Gasteiger partial charge in [0.05, 0.1) is 19.5 Å². The number of aromatic nitrogens is 2. The van der Waals surface area contributed by atoms with Gasteiger partial charge in [-0.25, -0.2) is 9.97 Å². The van der Waals surface area contributed by atoms with Crippen molar-refractivity contribution in [3.63, 3.8) is 0 Å². The summed E-state index contributed by atoms with van der Waals surface area (Å²) in [5.74, 6) is 1.97. The molecule has 1 atom stereocenters. The number of rotatable bonds is 7. The maximum atomic E-state index is 5.04. The van der Waals surface area contributed by atoms with Crippen LogP contribution in [0, 0.1) is 5.92 Å². The summed E-state index contributed by atoms with van der Waals surface area (Å²) < 4.78 is 5.04. The molecule has 0 amide bonds. The summed E-state index contributed by atoms with van der Waals surface area (Å²) >= 11 is 0. The Hall–Kier alpha value is -1.36. The fourth-order valence-electron chi connectivity index (χ4n) is 1.87. The number of ether oxygens (including phenoxy) is 1. The lowest BCUT2D eigenvalue weighted by Crippen LogP contribution is -2.34. The minimum atomic E-state index is 0.355. The lowest BCUT2D eigenvalue weighted by molar-refractivity contribution is 0.355. The van der Waals surface area contributed by atoms with Crippen molar-refractivity contribution in [3.05, 3.63) is 12.4 Å². The van der Waals surface area contributed by atoms with Gasteiger partial charge in [0, 0.05) is 12.6 Å². The highest BCUT2D eigenvalue weighted by Gasteiger charge is 2.13. The van der Waals surface area contributed by atoms with Gasteiger partial charge in [-0.05, 0) is 26.4 Å². The number of likely N-dealkylation sites (N-methyl/N-ethyl adjacent to an activating group) is 1. The van der Waals surface area contributed by atoms with E-state index in [9.17, 15) is 0 Å². The van der Waals surface area contributed by atoms with Crippen LogP contribution in [0.2, 0.25) is 0 Å². The molecule has 0 aliphatic heterocycles. The van der Waals surface area contributed by atoms with E-state index in [0.29, 0.717) is 23.7 Å². The minimum absolute atomic E-state index is 0.355. The van der Waals surface area contributed by atoms with Crippen molar-refractivity contribution in [2.24, 2.45) is 5.92 Å². The van der Waals surface area contributed by atoms with Gasteiger partial charge >= 0.3 is 0 Å². The number of methoxy groups -OCH3 is 1. The molecule has 0 fully saturated rings. The van der Waals surface area contributed by atoms with Crippen LogP contribution in [0.5, 0.6) is 5.75 Å². The Morgan fingerprint density at radius 1 is 1.28 bits per heavy atom. The Balaban J connectivity index is 2.62. The Kier molecular flexibility index (Phi) is 5.85. The number of hydrogen-bond donors (Lipinski definition) is 1. The van der Waals surface area contributed by atoms with Crippen LogP contribution in [0.25, 0.3) is 0 Å². The lowest BCUT2D eigenvalue weighted by Gasteiger charge is -2.23. The summed E-state index contributed by atoms with van der Waals surface area (Å²) in [4.78, 5) is 10.6. The van der Waals surface area contributed by atoms with E-state index in [2.05, 4.69) is 48.1 Å². The standard InChI is InChI=1S/C13H24N4O/c1-10(2)6-11(9-17(3)4)16-13-14-7-12(18-5)8-15-13/h7-8,10-11H,6,9H2,1-5H3,(H,14,15,16). The van der Waals surface area contributed by atoms with Crippen LogP contribution in [-0.2, 0) is 0 Å². The molecule has 0 aliphatic carbocycles. The second kappa shape index (κ2) is 7.16. The fourth-order valence-corrected chi connectivity index (χ4v) is 1.87. The molecule has 1 aromatic rings. The molecule has 5 nitrogen and oxygen atoms in total. The van der Waals surface area contributed by atoms with Gasteiger partial charge in [-0.15, -0.1) is 0 Å². The molecule has 0 aliphatic rings. The highest BCUT2D eigenvalue weighted by Crippen LogP contribution is 2.12. The SMILES string of the molecule is COc1cnc(NC(CC(C)C)CN(C)C)nc1. The zero-order chi connectivity index (χ0) is 13.5. The molecule has 5 heteroatoms. The zero-order valence-corrected chi connectivity index (χ0v) is 12.0. The van der Waals surface area contributed by atoms with E-state index in [-0.39, 0.29) is 0 Å².